The van der Waals surface area contributed by atoms with Gasteiger partial charge in [-0.1, -0.05) is 72.3 Å². The summed E-state index contributed by atoms with van der Waals surface area (Å²) in [6.45, 7) is 2.10. The molecule has 0 atom stereocenters. The molecule has 0 aromatic heterocycles. The van der Waals surface area contributed by atoms with Gasteiger partial charge in [-0.05, 0) is 51.7 Å². The van der Waals surface area contributed by atoms with Crippen molar-refractivity contribution in [2.75, 3.05) is 7.11 Å². The predicted octanol–water partition coefficient (Wildman–Crippen LogP) is 6.32. The molecule has 2 heteroatoms. The third-order valence-electron chi connectivity index (χ3n) is 3.97. The minimum atomic E-state index is 0.859. The molecule has 3 rings (SSSR count). The highest BCUT2D eigenvalue weighted by atomic mass is 79.9. The molecule has 120 valence electrons. The molecule has 0 fully saturated rings. The summed E-state index contributed by atoms with van der Waals surface area (Å²) in [6, 6.07) is 27.2. The number of methoxy groups -OCH3 is 1. The maximum absolute atomic E-state index is 5.29. The van der Waals surface area contributed by atoms with Gasteiger partial charge in [0.2, 0.25) is 0 Å². The van der Waals surface area contributed by atoms with E-state index >= 15 is 0 Å². The lowest BCUT2D eigenvalue weighted by molar-refractivity contribution is 0.415. The molecule has 0 unspecified atom stereocenters. The molecule has 3 aromatic rings. The summed E-state index contributed by atoms with van der Waals surface area (Å²) in [5.41, 5.74) is 5.91. The summed E-state index contributed by atoms with van der Waals surface area (Å²) in [5.74, 6) is 0.859. The largest absolute Gasteiger partial charge is 0.497 e. The number of hydrogen-bond donors (Lipinski definition) is 0. The van der Waals surface area contributed by atoms with E-state index in [4.69, 9.17) is 4.74 Å². The Morgan fingerprint density at radius 3 is 1.83 bits per heavy atom. The lowest BCUT2D eigenvalue weighted by Gasteiger charge is -2.13. The van der Waals surface area contributed by atoms with Crippen molar-refractivity contribution in [3.05, 3.63) is 101 Å². The van der Waals surface area contributed by atoms with E-state index in [9.17, 15) is 0 Å². The highest BCUT2D eigenvalue weighted by molar-refractivity contribution is 9.15. The second-order valence-corrected chi connectivity index (χ2v) is 6.44. The van der Waals surface area contributed by atoms with Crippen molar-refractivity contribution >= 4 is 26.0 Å². The molecule has 0 saturated carbocycles. The van der Waals surface area contributed by atoms with Gasteiger partial charge in [0.25, 0.3) is 0 Å². The zero-order valence-electron chi connectivity index (χ0n) is 13.8. The predicted molar refractivity (Wildman–Crippen MR) is 105 cm³/mol. The van der Waals surface area contributed by atoms with Crippen LogP contribution in [0.5, 0.6) is 5.75 Å². The van der Waals surface area contributed by atoms with Gasteiger partial charge in [-0.15, -0.1) is 0 Å². The lowest BCUT2D eigenvalue weighted by atomic mass is 9.95. The third-order valence-corrected chi connectivity index (χ3v) is 4.82. The Bertz CT molecular complexity index is 831. The molecular formula is C22H19BrO. The molecule has 0 aliphatic rings. The highest BCUT2D eigenvalue weighted by Crippen LogP contribution is 2.36. The van der Waals surface area contributed by atoms with Crippen LogP contribution in [-0.4, -0.2) is 7.11 Å². The molecule has 0 amide bonds. The molecule has 3 aromatic carbocycles. The Balaban J connectivity index is 2.17. The first-order valence-corrected chi connectivity index (χ1v) is 8.65. The van der Waals surface area contributed by atoms with Crippen LogP contribution in [0.3, 0.4) is 0 Å². The standard InChI is InChI=1S/C22H19BrO/c1-16-8-10-19(11-9-16)22(23)21(17-6-4-3-5-7-17)18-12-14-20(24-2)15-13-18/h3-15H,1-2H3/b22-21-. The minimum absolute atomic E-state index is 0.859. The van der Waals surface area contributed by atoms with Crippen molar-refractivity contribution in [1.82, 2.24) is 0 Å². The van der Waals surface area contributed by atoms with Gasteiger partial charge in [0.05, 0.1) is 7.11 Å². The van der Waals surface area contributed by atoms with Crippen LogP contribution in [0.15, 0.2) is 78.9 Å². The van der Waals surface area contributed by atoms with Gasteiger partial charge < -0.3 is 4.74 Å². The van der Waals surface area contributed by atoms with E-state index in [1.165, 1.54) is 16.7 Å². The number of halogens is 1. The molecule has 24 heavy (non-hydrogen) atoms. The summed E-state index contributed by atoms with van der Waals surface area (Å²) < 4.78 is 6.37. The number of hydrogen-bond acceptors (Lipinski definition) is 1. The van der Waals surface area contributed by atoms with Crippen LogP contribution in [0.2, 0.25) is 0 Å². The van der Waals surface area contributed by atoms with E-state index in [-0.39, 0.29) is 0 Å². The fourth-order valence-electron chi connectivity index (χ4n) is 2.63. The second-order valence-electron chi connectivity index (χ2n) is 5.65. The molecule has 0 radical (unpaired) electrons. The summed E-state index contributed by atoms with van der Waals surface area (Å²) in [5, 5.41) is 0. The average Bonchev–Trinajstić information content (AvgIpc) is 2.64. The van der Waals surface area contributed by atoms with Crippen LogP contribution in [0.4, 0.5) is 0 Å². The van der Waals surface area contributed by atoms with E-state index < -0.39 is 0 Å². The Kier molecular flexibility index (Phi) is 5.17. The Labute approximate surface area is 151 Å². The smallest absolute Gasteiger partial charge is 0.118 e. The zero-order chi connectivity index (χ0) is 16.9. The fourth-order valence-corrected chi connectivity index (χ4v) is 3.35. The Hall–Kier alpha value is -2.32. The van der Waals surface area contributed by atoms with Crippen molar-refractivity contribution < 1.29 is 4.74 Å². The highest BCUT2D eigenvalue weighted by Gasteiger charge is 2.12. The molecule has 0 bridgehead atoms. The Morgan fingerprint density at radius 1 is 0.708 bits per heavy atom. The molecule has 0 aliphatic carbocycles. The van der Waals surface area contributed by atoms with Gasteiger partial charge >= 0.3 is 0 Å². The van der Waals surface area contributed by atoms with E-state index in [0.29, 0.717) is 0 Å². The summed E-state index contributed by atoms with van der Waals surface area (Å²) in [4.78, 5) is 0. The second kappa shape index (κ2) is 7.50. The molecule has 0 heterocycles. The molecule has 0 saturated heterocycles. The molecule has 1 nitrogen and oxygen atoms in total. The van der Waals surface area contributed by atoms with Crippen LogP contribution >= 0.6 is 15.9 Å². The zero-order valence-corrected chi connectivity index (χ0v) is 15.4. The third kappa shape index (κ3) is 3.60. The van der Waals surface area contributed by atoms with Crippen molar-refractivity contribution in [2.45, 2.75) is 6.92 Å². The quantitative estimate of drug-likeness (QED) is 0.483. The molecule has 0 aliphatic heterocycles. The van der Waals surface area contributed by atoms with E-state index in [0.717, 1.165) is 21.4 Å². The van der Waals surface area contributed by atoms with Crippen molar-refractivity contribution in [3.63, 3.8) is 0 Å². The number of rotatable bonds is 4. The van der Waals surface area contributed by atoms with E-state index in [1.54, 1.807) is 7.11 Å². The summed E-state index contributed by atoms with van der Waals surface area (Å²) in [7, 11) is 1.69. The van der Waals surface area contributed by atoms with Gasteiger partial charge in [-0.25, -0.2) is 0 Å². The minimum Gasteiger partial charge on any atom is -0.497 e. The average molecular weight is 379 g/mol. The van der Waals surface area contributed by atoms with Crippen LogP contribution in [0, 0.1) is 6.92 Å². The van der Waals surface area contributed by atoms with Crippen molar-refractivity contribution in [1.29, 1.82) is 0 Å². The topological polar surface area (TPSA) is 9.23 Å². The normalized spacial score (nSPS) is 11.8. The first kappa shape index (κ1) is 16.5. The van der Waals surface area contributed by atoms with Gasteiger partial charge in [0, 0.05) is 10.1 Å². The van der Waals surface area contributed by atoms with Crippen LogP contribution < -0.4 is 4.74 Å². The van der Waals surface area contributed by atoms with Crippen molar-refractivity contribution in [3.8, 4) is 5.75 Å². The SMILES string of the molecule is COc1ccc(/C(=C(\Br)c2ccc(C)cc2)c2ccccc2)cc1. The van der Waals surface area contributed by atoms with Gasteiger partial charge in [-0.2, -0.15) is 0 Å². The number of ether oxygens (including phenoxy) is 1. The van der Waals surface area contributed by atoms with Crippen molar-refractivity contribution in [2.24, 2.45) is 0 Å². The lowest BCUT2D eigenvalue weighted by Crippen LogP contribution is -1.92. The Morgan fingerprint density at radius 2 is 1.25 bits per heavy atom. The van der Waals surface area contributed by atoms with Gasteiger partial charge in [-0.3, -0.25) is 0 Å². The van der Waals surface area contributed by atoms with Gasteiger partial charge in [0.1, 0.15) is 5.75 Å². The molecule has 0 spiro atoms. The number of aryl methyl sites for hydroxylation is 1. The first-order chi connectivity index (χ1) is 11.7. The fraction of sp³-hybridized carbons (Fsp3) is 0.0909. The van der Waals surface area contributed by atoms with Crippen LogP contribution in [0.1, 0.15) is 22.3 Å². The van der Waals surface area contributed by atoms with Crippen LogP contribution in [-0.2, 0) is 0 Å². The summed E-state index contributed by atoms with van der Waals surface area (Å²) >= 11 is 3.83. The molecule has 0 N–H and O–H groups in total. The molecular weight excluding hydrogens is 360 g/mol. The number of benzene rings is 3. The van der Waals surface area contributed by atoms with E-state index in [2.05, 4.69) is 83.5 Å². The van der Waals surface area contributed by atoms with E-state index in [1.807, 2.05) is 18.2 Å². The maximum Gasteiger partial charge on any atom is 0.118 e. The summed E-state index contributed by atoms with van der Waals surface area (Å²) in [6.07, 6.45) is 0. The van der Waals surface area contributed by atoms with Gasteiger partial charge in [0.15, 0.2) is 0 Å². The monoisotopic (exact) mass is 378 g/mol. The maximum atomic E-state index is 5.29. The van der Waals surface area contributed by atoms with Crippen LogP contribution in [0.25, 0.3) is 10.1 Å². The first-order valence-electron chi connectivity index (χ1n) is 7.85.